The quantitative estimate of drug-likeness (QED) is 0.883. The van der Waals surface area contributed by atoms with Gasteiger partial charge in [-0.3, -0.25) is 9.48 Å². The second-order valence-electron chi connectivity index (χ2n) is 6.24. The zero-order valence-corrected chi connectivity index (χ0v) is 12.4. The molecule has 1 N–H and O–H groups in total. The summed E-state index contributed by atoms with van der Waals surface area (Å²) in [7, 11) is 0. The highest BCUT2D eigenvalue weighted by molar-refractivity contribution is 5.85. The highest BCUT2D eigenvalue weighted by atomic mass is 16.2. The fourth-order valence-electron chi connectivity index (χ4n) is 3.55. The average Bonchev–Trinajstić information content (AvgIpc) is 3.11. The Bertz CT molecular complexity index is 464. The van der Waals surface area contributed by atoms with E-state index >= 15 is 0 Å². The van der Waals surface area contributed by atoms with Crippen LogP contribution in [-0.2, 0) is 10.3 Å². The first-order valence-corrected chi connectivity index (χ1v) is 7.67. The first-order chi connectivity index (χ1) is 9.65. The van der Waals surface area contributed by atoms with Crippen molar-refractivity contribution in [3.8, 4) is 0 Å². The zero-order valence-electron chi connectivity index (χ0n) is 12.4. The van der Waals surface area contributed by atoms with E-state index in [9.17, 15) is 4.79 Å². The lowest BCUT2D eigenvalue weighted by atomic mass is 9.86. The van der Waals surface area contributed by atoms with Crippen molar-refractivity contribution in [1.29, 1.82) is 0 Å². The minimum Gasteiger partial charge on any atom is -0.338 e. The normalized spacial score (nSPS) is 29.6. The minimum absolute atomic E-state index is 0.263. The fourth-order valence-corrected chi connectivity index (χ4v) is 3.55. The van der Waals surface area contributed by atoms with Crippen molar-refractivity contribution < 1.29 is 4.79 Å². The van der Waals surface area contributed by atoms with Gasteiger partial charge < -0.3 is 10.2 Å². The molecule has 0 radical (unpaired) electrons. The molecule has 20 heavy (non-hydrogen) atoms. The number of likely N-dealkylation sites (tertiary alicyclic amines) is 1. The van der Waals surface area contributed by atoms with Crippen molar-refractivity contribution in [2.24, 2.45) is 5.92 Å². The van der Waals surface area contributed by atoms with Gasteiger partial charge in [0.25, 0.3) is 5.91 Å². The van der Waals surface area contributed by atoms with Crippen LogP contribution < -0.4 is 5.32 Å². The lowest BCUT2D eigenvalue weighted by Crippen LogP contribution is -2.56. The van der Waals surface area contributed by atoms with E-state index in [2.05, 4.69) is 29.2 Å². The lowest BCUT2D eigenvalue weighted by molar-refractivity contribution is -0.144. The first-order valence-electron chi connectivity index (χ1n) is 7.67. The molecule has 1 aromatic rings. The van der Waals surface area contributed by atoms with Crippen molar-refractivity contribution in [2.45, 2.75) is 44.7 Å². The van der Waals surface area contributed by atoms with Crippen LogP contribution in [0.3, 0.4) is 0 Å². The molecule has 2 aliphatic rings. The number of nitrogens with one attached hydrogen (secondary N) is 1. The van der Waals surface area contributed by atoms with E-state index in [1.165, 1.54) is 0 Å². The topological polar surface area (TPSA) is 50.2 Å². The smallest absolute Gasteiger partial charge is 0.250 e. The van der Waals surface area contributed by atoms with Gasteiger partial charge in [-0.1, -0.05) is 6.92 Å². The van der Waals surface area contributed by atoms with Crippen molar-refractivity contribution in [3.63, 3.8) is 0 Å². The molecule has 0 aliphatic carbocycles. The van der Waals surface area contributed by atoms with Gasteiger partial charge in [-0.05, 0) is 51.3 Å². The summed E-state index contributed by atoms with van der Waals surface area (Å²) in [5.41, 5.74) is -0.479. The Labute approximate surface area is 120 Å². The van der Waals surface area contributed by atoms with E-state index in [0.29, 0.717) is 12.0 Å². The molecule has 0 saturated carbocycles. The molecule has 1 amide bonds. The summed E-state index contributed by atoms with van der Waals surface area (Å²) >= 11 is 0. The molecule has 0 spiro atoms. The number of piperidine rings is 1. The van der Waals surface area contributed by atoms with Crippen molar-refractivity contribution in [3.05, 3.63) is 18.5 Å². The third-order valence-electron chi connectivity index (χ3n) is 5.17. The maximum atomic E-state index is 13.2. The maximum absolute atomic E-state index is 13.2. The number of amides is 1. The van der Waals surface area contributed by atoms with Gasteiger partial charge in [0.15, 0.2) is 0 Å². The molecule has 0 bridgehead atoms. The van der Waals surface area contributed by atoms with Crippen LogP contribution in [0.25, 0.3) is 0 Å². The van der Waals surface area contributed by atoms with E-state index in [4.69, 9.17) is 0 Å². The highest BCUT2D eigenvalue weighted by Gasteiger charge is 2.47. The molecule has 5 nitrogen and oxygen atoms in total. The number of hydrogen-bond acceptors (Lipinski definition) is 3. The van der Waals surface area contributed by atoms with Gasteiger partial charge >= 0.3 is 0 Å². The molecule has 0 aromatic carbocycles. The Morgan fingerprint density at radius 3 is 2.65 bits per heavy atom. The van der Waals surface area contributed by atoms with Gasteiger partial charge in [0.05, 0.1) is 0 Å². The van der Waals surface area contributed by atoms with Gasteiger partial charge in [0.2, 0.25) is 0 Å². The van der Waals surface area contributed by atoms with Gasteiger partial charge in [-0.25, -0.2) is 0 Å². The summed E-state index contributed by atoms with van der Waals surface area (Å²) in [6.45, 7) is 7.05. The first kappa shape index (κ1) is 13.6. The van der Waals surface area contributed by atoms with Crippen LogP contribution >= 0.6 is 0 Å². The number of carbonyl (C=O) groups is 1. The molecule has 3 rings (SSSR count). The van der Waals surface area contributed by atoms with Gasteiger partial charge in [-0.15, -0.1) is 0 Å². The van der Waals surface area contributed by atoms with Gasteiger partial charge in [-0.2, -0.15) is 5.10 Å². The molecule has 2 saturated heterocycles. The molecule has 5 heteroatoms. The number of nitrogens with zero attached hydrogens (tertiary/aromatic N) is 3. The molecule has 110 valence electrons. The Kier molecular flexibility index (Phi) is 3.54. The minimum atomic E-state index is -0.479. The monoisotopic (exact) mass is 276 g/mol. The van der Waals surface area contributed by atoms with Crippen LogP contribution in [0.1, 0.15) is 33.1 Å². The summed E-state index contributed by atoms with van der Waals surface area (Å²) in [4.78, 5) is 15.3. The zero-order chi connectivity index (χ0) is 14.2. The van der Waals surface area contributed by atoms with Gasteiger partial charge in [0.1, 0.15) is 5.54 Å². The molecule has 2 fully saturated rings. The van der Waals surface area contributed by atoms with Crippen LogP contribution in [0.15, 0.2) is 18.5 Å². The van der Waals surface area contributed by atoms with Crippen molar-refractivity contribution >= 4 is 5.91 Å². The summed E-state index contributed by atoms with van der Waals surface area (Å²) in [6, 6.07) is 2.25. The second kappa shape index (κ2) is 5.20. The van der Waals surface area contributed by atoms with E-state index in [0.717, 1.165) is 38.9 Å². The Hall–Kier alpha value is -1.36. The number of aromatic nitrogens is 2. The summed E-state index contributed by atoms with van der Waals surface area (Å²) in [5, 5.41) is 7.75. The largest absolute Gasteiger partial charge is 0.338 e. The van der Waals surface area contributed by atoms with Crippen LogP contribution in [0.5, 0.6) is 0 Å². The van der Waals surface area contributed by atoms with E-state index in [1.54, 1.807) is 6.20 Å². The lowest BCUT2D eigenvalue weighted by Gasteiger charge is -2.40. The predicted molar refractivity (Wildman–Crippen MR) is 77.3 cm³/mol. The SMILES string of the molecule is CC1CCN(C(=O)C2(n3cccn3)CCNCC2)C1C. The highest BCUT2D eigenvalue weighted by Crippen LogP contribution is 2.33. The van der Waals surface area contributed by atoms with E-state index < -0.39 is 5.54 Å². The second-order valence-corrected chi connectivity index (χ2v) is 6.24. The standard InChI is InChI=1S/C15H24N4O/c1-12-4-11-18(13(12)2)14(20)15(5-8-16-9-6-15)19-10-3-7-17-19/h3,7,10,12-13,16H,4-6,8-9,11H2,1-2H3. The molecule has 2 aliphatic heterocycles. The number of hydrogen-bond donors (Lipinski definition) is 1. The summed E-state index contributed by atoms with van der Waals surface area (Å²) in [5.74, 6) is 0.856. The molecule has 2 atom stereocenters. The van der Waals surface area contributed by atoms with Crippen LogP contribution in [-0.4, -0.2) is 46.3 Å². The Morgan fingerprint density at radius 2 is 2.10 bits per heavy atom. The molecule has 3 heterocycles. The molecular weight excluding hydrogens is 252 g/mol. The average molecular weight is 276 g/mol. The molecule has 1 aromatic heterocycles. The van der Waals surface area contributed by atoms with Crippen LogP contribution in [0, 0.1) is 5.92 Å². The van der Waals surface area contributed by atoms with Crippen molar-refractivity contribution in [1.82, 2.24) is 20.0 Å². The Balaban J connectivity index is 1.92. The third-order valence-corrected chi connectivity index (χ3v) is 5.17. The predicted octanol–water partition coefficient (Wildman–Crippen LogP) is 1.22. The van der Waals surface area contributed by atoms with Crippen molar-refractivity contribution in [2.75, 3.05) is 19.6 Å². The van der Waals surface area contributed by atoms with E-state index in [1.807, 2.05) is 16.9 Å². The van der Waals surface area contributed by atoms with Crippen LogP contribution in [0.4, 0.5) is 0 Å². The summed E-state index contributed by atoms with van der Waals surface area (Å²) in [6.07, 6.45) is 6.47. The van der Waals surface area contributed by atoms with E-state index in [-0.39, 0.29) is 5.91 Å². The number of rotatable bonds is 2. The molecule has 2 unspecified atom stereocenters. The van der Waals surface area contributed by atoms with Gasteiger partial charge in [0, 0.05) is 25.0 Å². The van der Waals surface area contributed by atoms with Crippen LogP contribution in [0.2, 0.25) is 0 Å². The fraction of sp³-hybridized carbons (Fsp3) is 0.733. The summed E-state index contributed by atoms with van der Waals surface area (Å²) < 4.78 is 1.89. The molecular formula is C15H24N4O. The number of carbonyl (C=O) groups excluding carboxylic acids is 1. The Morgan fingerprint density at radius 1 is 1.35 bits per heavy atom. The third kappa shape index (κ3) is 2.04. The maximum Gasteiger partial charge on any atom is 0.250 e.